The van der Waals surface area contributed by atoms with Gasteiger partial charge in [-0.05, 0) is 37.3 Å². The van der Waals surface area contributed by atoms with Crippen molar-refractivity contribution in [2.45, 2.75) is 12.8 Å². The van der Waals surface area contributed by atoms with Crippen molar-refractivity contribution in [1.29, 1.82) is 0 Å². The van der Waals surface area contributed by atoms with Crippen molar-refractivity contribution in [2.24, 2.45) is 17.1 Å². The fourth-order valence-corrected chi connectivity index (χ4v) is 1.99. The largest absolute Gasteiger partial charge is 0.330 e. The first-order valence-electron chi connectivity index (χ1n) is 3.78. The Balaban J connectivity index is 2.01. The fourth-order valence-electron chi connectivity index (χ4n) is 1.99. The second kappa shape index (κ2) is 1.70. The van der Waals surface area contributed by atoms with Crippen molar-refractivity contribution in [3.8, 4) is 0 Å². The molecule has 0 aromatic rings. The summed E-state index contributed by atoms with van der Waals surface area (Å²) < 4.78 is 0. The van der Waals surface area contributed by atoms with Gasteiger partial charge >= 0.3 is 0 Å². The Bertz CT molecular complexity index is 124. The maximum absolute atomic E-state index is 5.64. The molecule has 52 valence electrons. The lowest BCUT2D eigenvalue weighted by Gasteiger charge is -2.20. The third kappa shape index (κ3) is 0.700. The van der Waals surface area contributed by atoms with Gasteiger partial charge in [-0.1, -0.05) is 0 Å². The summed E-state index contributed by atoms with van der Waals surface area (Å²) in [6.45, 7) is 3.28. The highest BCUT2D eigenvalue weighted by Crippen LogP contribution is 2.54. The monoisotopic (exact) mass is 126 g/mol. The number of nitrogens with two attached hydrogens (primary N) is 1. The molecule has 2 fully saturated rings. The molecule has 1 saturated carbocycles. The maximum Gasteiger partial charge on any atom is 0.00227 e. The summed E-state index contributed by atoms with van der Waals surface area (Å²) in [6, 6.07) is 0. The standard InChI is InChI=1S/C7H14N2/c8-4-7-3-6(7)1-2-9-5-7/h6,9H,1-5,8H2/t6-,7+/m1/s1. The van der Waals surface area contributed by atoms with E-state index in [1.54, 1.807) is 0 Å². The van der Waals surface area contributed by atoms with Crippen molar-refractivity contribution in [3.05, 3.63) is 0 Å². The summed E-state index contributed by atoms with van der Waals surface area (Å²) in [7, 11) is 0. The highest BCUT2D eigenvalue weighted by Gasteiger charge is 2.53. The average molecular weight is 126 g/mol. The molecular formula is C7H14N2. The lowest BCUT2D eigenvalue weighted by molar-refractivity contribution is 0.366. The molecular weight excluding hydrogens is 112 g/mol. The van der Waals surface area contributed by atoms with Crippen molar-refractivity contribution < 1.29 is 0 Å². The molecule has 2 nitrogen and oxygen atoms in total. The zero-order valence-electron chi connectivity index (χ0n) is 5.69. The van der Waals surface area contributed by atoms with Gasteiger partial charge in [-0.15, -0.1) is 0 Å². The third-order valence-corrected chi connectivity index (χ3v) is 2.91. The molecule has 2 atom stereocenters. The van der Waals surface area contributed by atoms with E-state index < -0.39 is 0 Å². The molecule has 1 aliphatic heterocycles. The second-order valence-corrected chi connectivity index (χ2v) is 3.43. The zero-order valence-corrected chi connectivity index (χ0v) is 5.69. The van der Waals surface area contributed by atoms with E-state index in [1.165, 1.54) is 25.9 Å². The molecule has 1 aliphatic carbocycles. The number of hydrogen-bond donors (Lipinski definition) is 2. The first-order valence-corrected chi connectivity index (χ1v) is 3.78. The Morgan fingerprint density at radius 2 is 2.56 bits per heavy atom. The average Bonchev–Trinajstić information content (AvgIpc) is 2.62. The Hall–Kier alpha value is -0.0800. The van der Waals surface area contributed by atoms with Crippen LogP contribution >= 0.6 is 0 Å². The highest BCUT2D eigenvalue weighted by molar-refractivity contribution is 5.06. The molecule has 0 amide bonds. The van der Waals surface area contributed by atoms with Gasteiger partial charge in [-0.2, -0.15) is 0 Å². The van der Waals surface area contributed by atoms with Crippen LogP contribution < -0.4 is 11.1 Å². The number of nitrogens with one attached hydrogen (secondary N) is 1. The quantitative estimate of drug-likeness (QED) is 0.517. The van der Waals surface area contributed by atoms with Crippen LogP contribution in [0.4, 0.5) is 0 Å². The Kier molecular flexibility index (Phi) is 1.08. The maximum atomic E-state index is 5.64. The van der Waals surface area contributed by atoms with Gasteiger partial charge in [-0.25, -0.2) is 0 Å². The van der Waals surface area contributed by atoms with E-state index in [0.29, 0.717) is 5.41 Å². The van der Waals surface area contributed by atoms with Crippen LogP contribution in [-0.2, 0) is 0 Å². The molecule has 2 rings (SSSR count). The Morgan fingerprint density at radius 3 is 3.11 bits per heavy atom. The molecule has 1 heterocycles. The van der Waals surface area contributed by atoms with Crippen LogP contribution in [0.15, 0.2) is 0 Å². The van der Waals surface area contributed by atoms with E-state index >= 15 is 0 Å². The summed E-state index contributed by atoms with van der Waals surface area (Å²) in [5.74, 6) is 0.976. The van der Waals surface area contributed by atoms with Gasteiger partial charge in [0.15, 0.2) is 0 Å². The normalized spacial score (nSPS) is 48.3. The minimum Gasteiger partial charge on any atom is -0.330 e. The molecule has 2 heteroatoms. The zero-order chi connectivity index (χ0) is 6.32. The van der Waals surface area contributed by atoms with E-state index in [0.717, 1.165) is 12.5 Å². The molecule has 2 aliphatic rings. The summed E-state index contributed by atoms with van der Waals surface area (Å²) >= 11 is 0. The first-order chi connectivity index (χ1) is 4.37. The van der Waals surface area contributed by atoms with Gasteiger partial charge in [-0.3, -0.25) is 0 Å². The predicted octanol–water partition coefficient (Wildman–Crippen LogP) is -0.0553. The molecule has 0 bridgehead atoms. The number of rotatable bonds is 1. The first kappa shape index (κ1) is 5.69. The topological polar surface area (TPSA) is 38.0 Å². The Morgan fingerprint density at radius 1 is 1.67 bits per heavy atom. The van der Waals surface area contributed by atoms with Crippen LogP contribution in [0, 0.1) is 11.3 Å². The molecule has 1 saturated heterocycles. The third-order valence-electron chi connectivity index (χ3n) is 2.91. The number of fused-ring (bicyclic) bond motifs is 1. The van der Waals surface area contributed by atoms with E-state index in [-0.39, 0.29) is 0 Å². The summed E-state index contributed by atoms with van der Waals surface area (Å²) in [6.07, 6.45) is 2.74. The van der Waals surface area contributed by atoms with Crippen molar-refractivity contribution >= 4 is 0 Å². The van der Waals surface area contributed by atoms with Gasteiger partial charge in [0.05, 0.1) is 0 Å². The number of hydrogen-bond acceptors (Lipinski definition) is 2. The van der Waals surface area contributed by atoms with Crippen molar-refractivity contribution in [3.63, 3.8) is 0 Å². The summed E-state index contributed by atoms with van der Waals surface area (Å²) in [4.78, 5) is 0. The molecule has 9 heavy (non-hydrogen) atoms. The van der Waals surface area contributed by atoms with Gasteiger partial charge in [0.25, 0.3) is 0 Å². The van der Waals surface area contributed by atoms with E-state index in [2.05, 4.69) is 5.32 Å². The van der Waals surface area contributed by atoms with Crippen LogP contribution in [0.2, 0.25) is 0 Å². The lowest BCUT2D eigenvalue weighted by Crippen LogP contribution is -2.36. The number of piperidine rings is 1. The molecule has 0 spiro atoms. The van der Waals surface area contributed by atoms with Gasteiger partial charge < -0.3 is 11.1 Å². The molecule has 0 unspecified atom stereocenters. The minimum atomic E-state index is 0.554. The predicted molar refractivity (Wildman–Crippen MR) is 37.1 cm³/mol. The van der Waals surface area contributed by atoms with Crippen LogP contribution in [-0.4, -0.2) is 19.6 Å². The Labute approximate surface area is 55.8 Å². The van der Waals surface area contributed by atoms with Crippen LogP contribution in [0.5, 0.6) is 0 Å². The van der Waals surface area contributed by atoms with Gasteiger partial charge in [0.1, 0.15) is 0 Å². The van der Waals surface area contributed by atoms with Crippen LogP contribution in [0.25, 0.3) is 0 Å². The highest BCUT2D eigenvalue weighted by atomic mass is 14.9. The fraction of sp³-hybridized carbons (Fsp3) is 1.00. The molecule has 0 radical (unpaired) electrons. The van der Waals surface area contributed by atoms with E-state index in [4.69, 9.17) is 5.73 Å². The minimum absolute atomic E-state index is 0.554. The molecule has 3 N–H and O–H groups in total. The summed E-state index contributed by atoms with van der Waals surface area (Å²) in [5.41, 5.74) is 6.19. The van der Waals surface area contributed by atoms with E-state index in [1.807, 2.05) is 0 Å². The van der Waals surface area contributed by atoms with Crippen molar-refractivity contribution in [1.82, 2.24) is 5.32 Å². The van der Waals surface area contributed by atoms with Crippen molar-refractivity contribution in [2.75, 3.05) is 19.6 Å². The van der Waals surface area contributed by atoms with Gasteiger partial charge in [0, 0.05) is 6.54 Å². The lowest BCUT2D eigenvalue weighted by atomic mass is 9.99. The second-order valence-electron chi connectivity index (χ2n) is 3.43. The van der Waals surface area contributed by atoms with E-state index in [9.17, 15) is 0 Å². The molecule has 0 aromatic carbocycles. The smallest absolute Gasteiger partial charge is 0.00227 e. The van der Waals surface area contributed by atoms with Crippen LogP contribution in [0.1, 0.15) is 12.8 Å². The van der Waals surface area contributed by atoms with Gasteiger partial charge in [0.2, 0.25) is 0 Å². The summed E-state index contributed by atoms with van der Waals surface area (Å²) in [5, 5.41) is 3.39. The molecule has 0 aromatic heterocycles. The van der Waals surface area contributed by atoms with Crippen LogP contribution in [0.3, 0.4) is 0 Å². The SMILES string of the molecule is NC[C@@]12CNCC[C@@H]1C2.